The summed E-state index contributed by atoms with van der Waals surface area (Å²) in [6.45, 7) is 3.62. The van der Waals surface area contributed by atoms with E-state index in [1.54, 1.807) is 13.0 Å². The zero-order valence-electron chi connectivity index (χ0n) is 15.1. The lowest BCUT2D eigenvalue weighted by molar-refractivity contribution is -0.220. The maximum Gasteiger partial charge on any atom is 0.330 e. The average molecular weight is 350 g/mol. The third-order valence-corrected chi connectivity index (χ3v) is 6.69. The topological polar surface area (TPSA) is 101 Å². The van der Waals surface area contributed by atoms with Crippen molar-refractivity contribution in [1.29, 1.82) is 0 Å². The molecule has 4 aliphatic rings. The molecule has 0 aromatic carbocycles. The summed E-state index contributed by atoms with van der Waals surface area (Å²) in [5, 5.41) is 19.1. The maximum atomic E-state index is 12.6. The standard InChI is InChI=1S/C19H26O6/c1-12(13(20)21)4-5-17-6-16(2)7-18(9-17,14(22)23)11-19(8-16,10-17)15(24)25-3/h4H,5-11H2,1-3H3,(H,20,21)(H,22,23). The molecule has 0 aromatic heterocycles. The van der Waals surface area contributed by atoms with Gasteiger partial charge in [0.2, 0.25) is 0 Å². The SMILES string of the molecule is COC(=O)C12CC3(C)CC(CC=C(C)C(=O)O)(CC(C(=O)O)(C3)C1)C2. The number of carboxylic acid groups (broad SMARTS) is 2. The van der Waals surface area contributed by atoms with Crippen LogP contribution in [0.2, 0.25) is 0 Å². The Balaban J connectivity index is 2.06. The van der Waals surface area contributed by atoms with Crippen LogP contribution in [0.25, 0.3) is 0 Å². The Bertz CT molecular complexity index is 681. The molecule has 0 amide bonds. The fraction of sp³-hybridized carbons (Fsp3) is 0.737. The van der Waals surface area contributed by atoms with Crippen molar-refractivity contribution >= 4 is 17.9 Å². The van der Waals surface area contributed by atoms with Gasteiger partial charge in [0.05, 0.1) is 17.9 Å². The van der Waals surface area contributed by atoms with E-state index in [1.165, 1.54) is 7.11 Å². The largest absolute Gasteiger partial charge is 0.481 e. The molecule has 2 N–H and O–H groups in total. The molecule has 4 bridgehead atoms. The minimum atomic E-state index is -0.966. The average Bonchev–Trinajstić information content (AvgIpc) is 2.49. The van der Waals surface area contributed by atoms with Gasteiger partial charge in [0, 0.05) is 5.57 Å². The van der Waals surface area contributed by atoms with E-state index in [4.69, 9.17) is 9.84 Å². The second kappa shape index (κ2) is 5.32. The van der Waals surface area contributed by atoms with Crippen molar-refractivity contribution in [2.24, 2.45) is 21.7 Å². The van der Waals surface area contributed by atoms with E-state index in [2.05, 4.69) is 6.92 Å². The highest BCUT2D eigenvalue weighted by molar-refractivity contribution is 5.86. The summed E-state index contributed by atoms with van der Waals surface area (Å²) in [5.41, 5.74) is -2.00. The first-order valence-corrected chi connectivity index (χ1v) is 8.72. The predicted octanol–water partition coefficient (Wildman–Crippen LogP) is 3.01. The zero-order valence-corrected chi connectivity index (χ0v) is 15.1. The molecule has 138 valence electrons. The van der Waals surface area contributed by atoms with E-state index < -0.39 is 22.8 Å². The number of esters is 1. The Labute approximate surface area is 147 Å². The Kier molecular flexibility index (Phi) is 3.82. The van der Waals surface area contributed by atoms with Gasteiger partial charge in [0.15, 0.2) is 0 Å². The highest BCUT2D eigenvalue weighted by Gasteiger charge is 2.71. The van der Waals surface area contributed by atoms with Gasteiger partial charge in [-0.25, -0.2) is 4.79 Å². The van der Waals surface area contributed by atoms with Crippen LogP contribution in [0.4, 0.5) is 0 Å². The van der Waals surface area contributed by atoms with E-state index in [0.717, 1.165) is 6.42 Å². The number of hydrogen-bond acceptors (Lipinski definition) is 4. The Morgan fingerprint density at radius 1 is 1.00 bits per heavy atom. The van der Waals surface area contributed by atoms with E-state index in [-0.39, 0.29) is 22.4 Å². The monoisotopic (exact) mass is 350 g/mol. The van der Waals surface area contributed by atoms with Gasteiger partial charge in [0.1, 0.15) is 0 Å². The molecule has 4 fully saturated rings. The van der Waals surface area contributed by atoms with Crippen molar-refractivity contribution in [3.05, 3.63) is 11.6 Å². The number of carbonyl (C=O) groups excluding carboxylic acids is 1. The van der Waals surface area contributed by atoms with E-state index in [9.17, 15) is 19.5 Å². The fourth-order valence-corrected chi connectivity index (χ4v) is 6.71. The normalized spacial score (nSPS) is 42.3. The minimum absolute atomic E-state index is 0.230. The molecule has 4 saturated carbocycles. The lowest BCUT2D eigenvalue weighted by Crippen LogP contribution is -2.64. The molecule has 4 atom stereocenters. The van der Waals surface area contributed by atoms with Crippen molar-refractivity contribution in [3.63, 3.8) is 0 Å². The fourth-order valence-electron chi connectivity index (χ4n) is 6.71. The van der Waals surface area contributed by atoms with Crippen LogP contribution in [0.15, 0.2) is 11.6 Å². The number of ether oxygens (including phenoxy) is 1. The first-order chi connectivity index (χ1) is 11.5. The molecular weight excluding hydrogens is 324 g/mol. The molecule has 0 heterocycles. The van der Waals surface area contributed by atoms with Crippen molar-refractivity contribution in [2.75, 3.05) is 7.11 Å². The van der Waals surface area contributed by atoms with Gasteiger partial charge >= 0.3 is 17.9 Å². The van der Waals surface area contributed by atoms with Gasteiger partial charge in [-0.1, -0.05) is 13.0 Å². The van der Waals surface area contributed by atoms with Gasteiger partial charge in [0.25, 0.3) is 0 Å². The summed E-state index contributed by atoms with van der Waals surface area (Å²) in [7, 11) is 1.36. The van der Waals surface area contributed by atoms with Gasteiger partial charge in [-0.15, -0.1) is 0 Å². The molecule has 6 heteroatoms. The second-order valence-electron chi connectivity index (χ2n) is 9.13. The summed E-state index contributed by atoms with van der Waals surface area (Å²) in [5.74, 6) is -2.12. The lowest BCUT2D eigenvalue weighted by atomic mass is 9.35. The number of carbonyl (C=O) groups is 3. The number of allylic oxidation sites excluding steroid dienone is 1. The van der Waals surface area contributed by atoms with Crippen molar-refractivity contribution in [1.82, 2.24) is 0 Å². The number of carboxylic acids is 2. The summed E-state index contributed by atoms with van der Waals surface area (Å²) >= 11 is 0. The molecule has 25 heavy (non-hydrogen) atoms. The second-order valence-corrected chi connectivity index (χ2v) is 9.13. The number of methoxy groups -OCH3 is 1. The van der Waals surface area contributed by atoms with E-state index >= 15 is 0 Å². The maximum absolute atomic E-state index is 12.6. The molecule has 0 aliphatic heterocycles. The first-order valence-electron chi connectivity index (χ1n) is 8.72. The van der Waals surface area contributed by atoms with Crippen LogP contribution >= 0.6 is 0 Å². The third-order valence-electron chi connectivity index (χ3n) is 6.69. The molecule has 4 unspecified atom stereocenters. The van der Waals surface area contributed by atoms with Crippen LogP contribution in [0, 0.1) is 21.7 Å². The molecular formula is C19H26O6. The van der Waals surface area contributed by atoms with Crippen molar-refractivity contribution in [3.8, 4) is 0 Å². The third kappa shape index (κ3) is 2.66. The van der Waals surface area contributed by atoms with Crippen LogP contribution < -0.4 is 0 Å². The Morgan fingerprint density at radius 2 is 1.60 bits per heavy atom. The quantitative estimate of drug-likeness (QED) is 0.584. The van der Waals surface area contributed by atoms with Gasteiger partial charge in [-0.2, -0.15) is 0 Å². The van der Waals surface area contributed by atoms with Gasteiger partial charge in [-0.05, 0) is 62.7 Å². The van der Waals surface area contributed by atoms with Crippen LogP contribution in [-0.4, -0.2) is 35.2 Å². The first kappa shape index (κ1) is 18.0. The van der Waals surface area contributed by atoms with Crippen molar-refractivity contribution < 1.29 is 29.3 Å². The smallest absolute Gasteiger partial charge is 0.330 e. The molecule has 4 aliphatic carbocycles. The van der Waals surface area contributed by atoms with Crippen LogP contribution in [0.5, 0.6) is 0 Å². The molecule has 0 spiro atoms. The van der Waals surface area contributed by atoms with Crippen LogP contribution in [0.3, 0.4) is 0 Å². The van der Waals surface area contributed by atoms with Gasteiger partial charge in [-0.3, -0.25) is 9.59 Å². The van der Waals surface area contributed by atoms with Crippen molar-refractivity contribution in [2.45, 2.75) is 58.8 Å². The predicted molar refractivity (Wildman–Crippen MR) is 88.8 cm³/mol. The minimum Gasteiger partial charge on any atom is -0.481 e. The van der Waals surface area contributed by atoms with Crippen LogP contribution in [-0.2, 0) is 19.1 Å². The van der Waals surface area contributed by atoms with E-state index in [1.807, 2.05) is 0 Å². The Morgan fingerprint density at radius 3 is 2.16 bits per heavy atom. The van der Waals surface area contributed by atoms with E-state index in [0.29, 0.717) is 38.5 Å². The zero-order chi connectivity index (χ0) is 18.7. The van der Waals surface area contributed by atoms with Gasteiger partial charge < -0.3 is 14.9 Å². The molecule has 0 radical (unpaired) electrons. The highest BCUT2D eigenvalue weighted by atomic mass is 16.5. The summed E-state index contributed by atoms with van der Waals surface area (Å²) < 4.78 is 5.07. The lowest BCUT2D eigenvalue weighted by Gasteiger charge is -2.67. The molecule has 0 saturated heterocycles. The molecule has 6 nitrogen and oxygen atoms in total. The molecule has 0 aromatic rings. The highest BCUT2D eigenvalue weighted by Crippen LogP contribution is 2.74. The number of aliphatic carboxylic acids is 2. The van der Waals surface area contributed by atoms with Crippen LogP contribution in [0.1, 0.15) is 58.8 Å². The summed E-state index contributed by atoms with van der Waals surface area (Å²) in [6, 6.07) is 0. The molecule has 4 rings (SSSR count). The Hall–Kier alpha value is -1.85. The number of hydrogen-bond donors (Lipinski definition) is 2. The number of rotatable bonds is 5. The summed E-state index contributed by atoms with van der Waals surface area (Å²) in [4.78, 5) is 35.9. The summed E-state index contributed by atoms with van der Waals surface area (Å²) in [6.07, 6.45) is 5.68.